The van der Waals surface area contributed by atoms with Gasteiger partial charge in [0.25, 0.3) is 5.91 Å². The van der Waals surface area contributed by atoms with Crippen molar-refractivity contribution in [3.63, 3.8) is 0 Å². The first-order valence-corrected chi connectivity index (χ1v) is 12.7. The highest BCUT2D eigenvalue weighted by Gasteiger charge is 2.15. The van der Waals surface area contributed by atoms with Gasteiger partial charge in [-0.25, -0.2) is 0 Å². The largest absolute Gasteiger partial charge is 0.325 e. The lowest BCUT2D eigenvalue weighted by Gasteiger charge is -2.23. The van der Waals surface area contributed by atoms with Crippen molar-refractivity contribution in [3.05, 3.63) is 36.2 Å². The highest BCUT2D eigenvalue weighted by molar-refractivity contribution is 6.02. The average molecular weight is 468 g/mol. The van der Waals surface area contributed by atoms with Crippen LogP contribution in [0.1, 0.15) is 68.3 Å². The molecule has 9 nitrogen and oxygen atoms in total. The van der Waals surface area contributed by atoms with Crippen LogP contribution in [-0.4, -0.2) is 63.9 Å². The van der Waals surface area contributed by atoms with Crippen LogP contribution in [0.2, 0.25) is 0 Å². The van der Waals surface area contributed by atoms with E-state index in [0.717, 1.165) is 51.1 Å². The second-order valence-corrected chi connectivity index (χ2v) is 9.43. The average Bonchev–Trinajstić information content (AvgIpc) is 3.31. The molecule has 2 fully saturated rings. The number of aromatic nitrogens is 3. The van der Waals surface area contributed by atoms with Crippen molar-refractivity contribution in [2.24, 2.45) is 0 Å². The summed E-state index contributed by atoms with van der Waals surface area (Å²) in [6, 6.07) is 7.68. The molecule has 1 aromatic carbocycles. The van der Waals surface area contributed by atoms with Crippen molar-refractivity contribution in [1.82, 2.24) is 25.2 Å². The normalized spacial score (nSPS) is 19.7. The Hall–Kier alpha value is -2.78. The summed E-state index contributed by atoms with van der Waals surface area (Å²) in [4.78, 5) is 27.2. The van der Waals surface area contributed by atoms with Gasteiger partial charge >= 0.3 is 0 Å². The van der Waals surface area contributed by atoms with Crippen molar-refractivity contribution < 1.29 is 9.59 Å². The topological polar surface area (TPSA) is 104 Å². The van der Waals surface area contributed by atoms with E-state index < -0.39 is 0 Å². The summed E-state index contributed by atoms with van der Waals surface area (Å²) in [6.07, 6.45) is 12.5. The van der Waals surface area contributed by atoms with E-state index in [9.17, 15) is 9.59 Å². The minimum atomic E-state index is -0.295. The van der Waals surface area contributed by atoms with Gasteiger partial charge in [-0.2, -0.15) is 0 Å². The highest BCUT2D eigenvalue weighted by atomic mass is 16.2. The lowest BCUT2D eigenvalue weighted by Crippen LogP contribution is -2.35. The fraction of sp³-hybridized carbons (Fsp3) is 0.600. The Balaban J connectivity index is 1.21. The molecule has 2 aromatic rings. The zero-order valence-corrected chi connectivity index (χ0v) is 20.0. The molecule has 1 aromatic heterocycles. The number of piperidine rings is 1. The van der Waals surface area contributed by atoms with Crippen LogP contribution in [-0.2, 0) is 11.3 Å². The highest BCUT2D eigenvalue weighted by Crippen LogP contribution is 2.16. The zero-order valence-electron chi connectivity index (χ0n) is 20.0. The van der Waals surface area contributed by atoms with Crippen molar-refractivity contribution >= 4 is 23.2 Å². The Morgan fingerprint density at radius 1 is 0.941 bits per heavy atom. The van der Waals surface area contributed by atoms with Crippen LogP contribution in [0.5, 0.6) is 0 Å². The second-order valence-electron chi connectivity index (χ2n) is 9.43. The molecule has 3 heterocycles. The van der Waals surface area contributed by atoms with Gasteiger partial charge in [-0.05, 0) is 76.0 Å². The first kappa shape index (κ1) is 24.3. The molecule has 1 unspecified atom stereocenters. The van der Waals surface area contributed by atoms with E-state index in [4.69, 9.17) is 0 Å². The number of likely N-dealkylation sites (tertiary alicyclic amines) is 1. The van der Waals surface area contributed by atoms with Crippen LogP contribution in [0.4, 0.5) is 11.4 Å². The molecule has 4 rings (SSSR count). The Bertz CT molecular complexity index is 914. The summed E-state index contributed by atoms with van der Waals surface area (Å²) >= 11 is 0. The number of aryl methyl sites for hydroxylation is 1. The molecular weight excluding hydrogens is 430 g/mol. The molecule has 0 saturated carbocycles. The minimum Gasteiger partial charge on any atom is -0.325 e. The van der Waals surface area contributed by atoms with Gasteiger partial charge in [0.2, 0.25) is 5.91 Å². The number of nitrogens with zero attached hydrogens (tertiary/aromatic N) is 4. The first-order chi connectivity index (χ1) is 16.7. The maximum absolute atomic E-state index is 12.6. The second kappa shape index (κ2) is 12.6. The maximum Gasteiger partial charge on any atom is 0.277 e. The lowest BCUT2D eigenvalue weighted by molar-refractivity contribution is -0.117. The summed E-state index contributed by atoms with van der Waals surface area (Å²) in [6.45, 7) is 4.21. The third-order valence-corrected chi connectivity index (χ3v) is 6.63. The maximum atomic E-state index is 12.6. The van der Waals surface area contributed by atoms with Crippen LogP contribution in [0.25, 0.3) is 0 Å². The van der Waals surface area contributed by atoms with Crippen molar-refractivity contribution in [2.45, 2.75) is 70.4 Å². The SMILES string of the molecule is O=C(CN1CCCCCCC1)Nc1ccc(NC(=O)c2cn(CCC3CCCCN3)nn2)cc1. The number of carbonyl (C=O) groups is 2. The van der Waals surface area contributed by atoms with Crippen LogP contribution < -0.4 is 16.0 Å². The van der Waals surface area contributed by atoms with Crippen LogP contribution in [0.3, 0.4) is 0 Å². The standard InChI is InChI=1S/C25H37N7O2/c33-24(19-31-15-6-2-1-3-7-16-31)27-21-9-11-22(12-10-21)28-25(34)23-18-32(30-29-23)17-13-20-8-4-5-14-26-20/h9-12,18,20,26H,1-8,13-17,19H2,(H,27,33)(H,28,34). The van der Waals surface area contributed by atoms with Crippen molar-refractivity contribution in [2.75, 3.05) is 36.8 Å². The van der Waals surface area contributed by atoms with Gasteiger partial charge < -0.3 is 16.0 Å². The molecular formula is C25H37N7O2. The molecule has 1 atom stereocenters. The van der Waals surface area contributed by atoms with Gasteiger partial charge in [0.15, 0.2) is 5.69 Å². The van der Waals surface area contributed by atoms with Gasteiger partial charge in [-0.1, -0.05) is 30.9 Å². The van der Waals surface area contributed by atoms with Crippen molar-refractivity contribution in [3.8, 4) is 0 Å². The molecule has 184 valence electrons. The number of nitrogens with one attached hydrogen (secondary N) is 3. The molecule has 0 radical (unpaired) electrons. The molecule has 2 saturated heterocycles. The molecule has 9 heteroatoms. The fourth-order valence-electron chi connectivity index (χ4n) is 4.68. The predicted octanol–water partition coefficient (Wildman–Crippen LogP) is 3.27. The van der Waals surface area contributed by atoms with Gasteiger partial charge in [0.1, 0.15) is 0 Å². The summed E-state index contributed by atoms with van der Waals surface area (Å²) < 4.78 is 1.73. The first-order valence-electron chi connectivity index (χ1n) is 12.7. The molecule has 34 heavy (non-hydrogen) atoms. The Morgan fingerprint density at radius 2 is 1.65 bits per heavy atom. The monoisotopic (exact) mass is 467 g/mol. The van der Waals surface area contributed by atoms with E-state index in [2.05, 4.69) is 31.2 Å². The minimum absolute atomic E-state index is 0.00241. The lowest BCUT2D eigenvalue weighted by atomic mass is 10.0. The van der Waals surface area contributed by atoms with E-state index in [1.54, 1.807) is 35.1 Å². The molecule has 3 N–H and O–H groups in total. The van der Waals surface area contributed by atoms with E-state index in [0.29, 0.717) is 24.0 Å². The van der Waals surface area contributed by atoms with Gasteiger partial charge in [-0.3, -0.25) is 19.2 Å². The number of anilines is 2. The number of amides is 2. The molecule has 2 aliphatic rings. The number of rotatable bonds is 8. The van der Waals surface area contributed by atoms with E-state index in [1.807, 2.05) is 0 Å². The van der Waals surface area contributed by atoms with Crippen molar-refractivity contribution in [1.29, 1.82) is 0 Å². The third kappa shape index (κ3) is 7.63. The third-order valence-electron chi connectivity index (χ3n) is 6.63. The summed E-state index contributed by atoms with van der Waals surface area (Å²) in [7, 11) is 0. The summed E-state index contributed by atoms with van der Waals surface area (Å²) in [5.41, 5.74) is 1.66. The Labute approximate surface area is 201 Å². The quantitative estimate of drug-likeness (QED) is 0.551. The van der Waals surface area contributed by atoms with Gasteiger partial charge in [0, 0.05) is 24.0 Å². The van der Waals surface area contributed by atoms with Crippen LogP contribution >= 0.6 is 0 Å². The molecule has 0 aliphatic carbocycles. The van der Waals surface area contributed by atoms with E-state index >= 15 is 0 Å². The number of hydrogen-bond acceptors (Lipinski definition) is 6. The number of carbonyl (C=O) groups excluding carboxylic acids is 2. The molecule has 0 bridgehead atoms. The Kier molecular flexibility index (Phi) is 9.04. The number of hydrogen-bond donors (Lipinski definition) is 3. The van der Waals surface area contributed by atoms with E-state index in [-0.39, 0.29) is 11.8 Å². The number of benzene rings is 1. The smallest absolute Gasteiger partial charge is 0.277 e. The summed E-state index contributed by atoms with van der Waals surface area (Å²) in [5.74, 6) is -0.298. The Morgan fingerprint density at radius 3 is 2.35 bits per heavy atom. The van der Waals surface area contributed by atoms with Gasteiger partial charge in [0.05, 0.1) is 12.7 Å². The zero-order chi connectivity index (χ0) is 23.6. The van der Waals surface area contributed by atoms with Crippen LogP contribution in [0.15, 0.2) is 30.5 Å². The van der Waals surface area contributed by atoms with Gasteiger partial charge in [-0.15, -0.1) is 5.10 Å². The summed E-state index contributed by atoms with van der Waals surface area (Å²) in [5, 5.41) is 17.4. The predicted molar refractivity (Wildman–Crippen MR) is 133 cm³/mol. The molecule has 2 amide bonds. The molecule has 0 spiro atoms. The molecule has 2 aliphatic heterocycles. The van der Waals surface area contributed by atoms with Crippen LogP contribution in [0, 0.1) is 0 Å². The van der Waals surface area contributed by atoms with E-state index in [1.165, 1.54) is 38.5 Å². The fourth-order valence-corrected chi connectivity index (χ4v) is 4.68.